The highest BCUT2D eigenvalue weighted by Gasteiger charge is 2.28. The Kier molecular flexibility index (Phi) is 11.8. The molecule has 2 atom stereocenters. The number of carbonyl (C=O) groups excluding carboxylic acids is 1. The lowest BCUT2D eigenvalue weighted by Gasteiger charge is -2.32. The Balaban J connectivity index is 1.97. The first-order valence-corrected chi connectivity index (χ1v) is 15.3. The van der Waals surface area contributed by atoms with E-state index in [1.54, 1.807) is 0 Å². The standard InChI is InChI=1S/C29H50N2OS2/c1-9-31(10-2)17-13-16-30-27(32)21-33-25-14-11-12-15-26(25)34-24-19-22(28(3,4)5)18-23(20-24)29(6,7)8/h18-20,25-26H,9-17,21H2,1-8H3,(H,30,32). The molecule has 0 spiro atoms. The van der Waals surface area contributed by atoms with E-state index in [1.807, 2.05) is 11.8 Å². The van der Waals surface area contributed by atoms with Gasteiger partial charge in [0.25, 0.3) is 0 Å². The first-order valence-electron chi connectivity index (χ1n) is 13.4. The highest BCUT2D eigenvalue weighted by molar-refractivity contribution is 8.04. The molecule has 5 heteroatoms. The number of hydrogen-bond acceptors (Lipinski definition) is 4. The van der Waals surface area contributed by atoms with Crippen LogP contribution in [0.15, 0.2) is 23.1 Å². The largest absolute Gasteiger partial charge is 0.355 e. The van der Waals surface area contributed by atoms with E-state index in [1.165, 1.54) is 41.7 Å². The maximum Gasteiger partial charge on any atom is 0.230 e. The second-order valence-corrected chi connectivity index (χ2v) is 14.3. The molecule has 1 aromatic carbocycles. The monoisotopic (exact) mass is 506 g/mol. The van der Waals surface area contributed by atoms with Crippen molar-refractivity contribution in [1.29, 1.82) is 0 Å². The average molecular weight is 507 g/mol. The zero-order chi connectivity index (χ0) is 25.4. The summed E-state index contributed by atoms with van der Waals surface area (Å²) in [5.74, 6) is 0.783. The summed E-state index contributed by atoms with van der Waals surface area (Å²) in [5.41, 5.74) is 3.12. The van der Waals surface area contributed by atoms with E-state index >= 15 is 0 Å². The van der Waals surface area contributed by atoms with Crippen LogP contribution in [0.2, 0.25) is 0 Å². The quantitative estimate of drug-likeness (QED) is 0.320. The van der Waals surface area contributed by atoms with Gasteiger partial charge in [0.05, 0.1) is 5.75 Å². The summed E-state index contributed by atoms with van der Waals surface area (Å²) in [7, 11) is 0. The third kappa shape index (κ3) is 9.78. The molecule has 1 amide bonds. The second-order valence-electron chi connectivity index (χ2n) is 11.8. The number of amides is 1. The predicted octanol–water partition coefficient (Wildman–Crippen LogP) is 7.27. The first kappa shape index (κ1) is 29.6. The zero-order valence-electron chi connectivity index (χ0n) is 23.1. The molecule has 0 bridgehead atoms. The van der Waals surface area contributed by atoms with Crippen molar-refractivity contribution in [2.45, 2.75) is 114 Å². The number of hydrogen-bond donors (Lipinski definition) is 1. The van der Waals surface area contributed by atoms with Gasteiger partial charge in [-0.1, -0.05) is 74.3 Å². The van der Waals surface area contributed by atoms with Crippen molar-refractivity contribution < 1.29 is 4.79 Å². The van der Waals surface area contributed by atoms with Gasteiger partial charge in [0.2, 0.25) is 5.91 Å². The van der Waals surface area contributed by atoms with Crippen LogP contribution >= 0.6 is 23.5 Å². The minimum Gasteiger partial charge on any atom is -0.355 e. The molecule has 34 heavy (non-hydrogen) atoms. The van der Waals surface area contributed by atoms with Crippen LogP contribution < -0.4 is 5.32 Å². The molecule has 3 nitrogen and oxygen atoms in total. The van der Waals surface area contributed by atoms with Crippen molar-refractivity contribution in [3.05, 3.63) is 29.3 Å². The Hall–Kier alpha value is -0.650. The maximum absolute atomic E-state index is 12.5. The van der Waals surface area contributed by atoms with Gasteiger partial charge in [0, 0.05) is 21.9 Å². The fourth-order valence-corrected chi connectivity index (χ4v) is 7.27. The molecule has 194 valence electrons. The molecule has 2 rings (SSSR count). The lowest BCUT2D eigenvalue weighted by Crippen LogP contribution is -2.32. The van der Waals surface area contributed by atoms with Crippen molar-refractivity contribution in [2.24, 2.45) is 0 Å². The summed E-state index contributed by atoms with van der Waals surface area (Å²) in [5, 5.41) is 4.28. The molecule has 1 saturated carbocycles. The van der Waals surface area contributed by atoms with E-state index in [2.05, 4.69) is 95.6 Å². The summed E-state index contributed by atoms with van der Waals surface area (Å²) < 4.78 is 0. The van der Waals surface area contributed by atoms with Crippen LogP contribution in [0.5, 0.6) is 0 Å². The Morgan fingerprint density at radius 3 is 2.03 bits per heavy atom. The number of thioether (sulfide) groups is 2. The number of rotatable bonds is 11. The lowest BCUT2D eigenvalue weighted by molar-refractivity contribution is -0.118. The molecule has 1 fully saturated rings. The highest BCUT2D eigenvalue weighted by Crippen LogP contribution is 2.41. The second kappa shape index (κ2) is 13.6. The maximum atomic E-state index is 12.5. The summed E-state index contributed by atoms with van der Waals surface area (Å²) in [4.78, 5) is 16.3. The fraction of sp³-hybridized carbons (Fsp3) is 0.759. The molecule has 0 heterocycles. The fourth-order valence-electron chi connectivity index (χ4n) is 4.40. The first-order chi connectivity index (χ1) is 15.9. The lowest BCUT2D eigenvalue weighted by atomic mass is 9.81. The van der Waals surface area contributed by atoms with Crippen LogP contribution in [0.25, 0.3) is 0 Å². The van der Waals surface area contributed by atoms with E-state index < -0.39 is 0 Å². The van der Waals surface area contributed by atoms with Gasteiger partial charge in [-0.15, -0.1) is 23.5 Å². The van der Waals surface area contributed by atoms with Gasteiger partial charge < -0.3 is 10.2 Å². The van der Waals surface area contributed by atoms with E-state index in [-0.39, 0.29) is 16.7 Å². The smallest absolute Gasteiger partial charge is 0.230 e. The van der Waals surface area contributed by atoms with Crippen molar-refractivity contribution in [2.75, 3.05) is 31.9 Å². The Bertz CT molecular complexity index is 730. The minimum absolute atomic E-state index is 0.140. The van der Waals surface area contributed by atoms with Gasteiger partial charge in [-0.3, -0.25) is 4.79 Å². The topological polar surface area (TPSA) is 32.3 Å². The molecule has 0 saturated heterocycles. The van der Waals surface area contributed by atoms with E-state index in [4.69, 9.17) is 0 Å². The van der Waals surface area contributed by atoms with Gasteiger partial charge in [0.1, 0.15) is 0 Å². The number of benzene rings is 1. The van der Waals surface area contributed by atoms with Gasteiger partial charge in [-0.05, 0) is 73.0 Å². The minimum atomic E-state index is 0.140. The molecular formula is C29H50N2OS2. The molecule has 1 N–H and O–H groups in total. The van der Waals surface area contributed by atoms with Gasteiger partial charge in [-0.2, -0.15) is 0 Å². The molecule has 2 unspecified atom stereocenters. The number of nitrogens with one attached hydrogen (secondary N) is 1. The normalized spacial score (nSPS) is 19.4. The van der Waals surface area contributed by atoms with Crippen LogP contribution in [0.1, 0.15) is 98.6 Å². The Morgan fingerprint density at radius 2 is 1.50 bits per heavy atom. The van der Waals surface area contributed by atoms with Crippen LogP contribution in [-0.4, -0.2) is 53.2 Å². The van der Waals surface area contributed by atoms with E-state index in [0.29, 0.717) is 16.3 Å². The van der Waals surface area contributed by atoms with E-state index in [0.717, 1.165) is 32.6 Å². The summed E-state index contributed by atoms with van der Waals surface area (Å²) in [6.45, 7) is 22.2. The summed E-state index contributed by atoms with van der Waals surface area (Å²) >= 11 is 3.94. The molecule has 1 aliphatic rings. The van der Waals surface area contributed by atoms with Crippen LogP contribution in [0, 0.1) is 0 Å². The highest BCUT2D eigenvalue weighted by atomic mass is 32.2. The Labute approximate surface area is 219 Å². The van der Waals surface area contributed by atoms with Crippen molar-refractivity contribution in [1.82, 2.24) is 10.2 Å². The van der Waals surface area contributed by atoms with Crippen molar-refractivity contribution >= 4 is 29.4 Å². The van der Waals surface area contributed by atoms with Crippen LogP contribution in [0.3, 0.4) is 0 Å². The number of nitrogens with zero attached hydrogens (tertiary/aromatic N) is 1. The van der Waals surface area contributed by atoms with E-state index in [9.17, 15) is 4.79 Å². The predicted molar refractivity (Wildman–Crippen MR) is 154 cm³/mol. The van der Waals surface area contributed by atoms with Gasteiger partial charge in [0.15, 0.2) is 0 Å². The molecule has 0 radical (unpaired) electrons. The molecular weight excluding hydrogens is 456 g/mol. The molecule has 1 aromatic rings. The summed E-state index contributed by atoms with van der Waals surface area (Å²) in [6, 6.07) is 7.24. The third-order valence-corrected chi connectivity index (χ3v) is 9.83. The third-order valence-electron chi connectivity index (χ3n) is 6.86. The number of carbonyl (C=O) groups is 1. The molecule has 1 aliphatic carbocycles. The van der Waals surface area contributed by atoms with Crippen molar-refractivity contribution in [3.63, 3.8) is 0 Å². The van der Waals surface area contributed by atoms with Crippen molar-refractivity contribution in [3.8, 4) is 0 Å². The van der Waals surface area contributed by atoms with Crippen LogP contribution in [0.4, 0.5) is 0 Å². The van der Waals surface area contributed by atoms with Gasteiger partial charge in [-0.25, -0.2) is 0 Å². The van der Waals surface area contributed by atoms with Gasteiger partial charge >= 0.3 is 0 Å². The average Bonchev–Trinajstić information content (AvgIpc) is 2.77. The molecule has 0 aliphatic heterocycles. The SMILES string of the molecule is CCN(CC)CCCNC(=O)CSC1CCCCC1Sc1cc(C(C)(C)C)cc(C(C)(C)C)c1. The zero-order valence-corrected chi connectivity index (χ0v) is 24.8. The summed E-state index contributed by atoms with van der Waals surface area (Å²) in [6.07, 6.45) is 6.09. The van der Waals surface area contributed by atoms with Crippen LogP contribution in [-0.2, 0) is 15.6 Å². The molecule has 0 aromatic heterocycles. The Morgan fingerprint density at radius 1 is 0.941 bits per heavy atom.